The Balaban J connectivity index is 2.49. The Morgan fingerprint density at radius 2 is 2.12 bits per heavy atom. The Labute approximate surface area is 97.9 Å². The first-order valence-corrected chi connectivity index (χ1v) is 5.77. The molecule has 0 aliphatic carbocycles. The van der Waals surface area contributed by atoms with Crippen LogP contribution in [-0.2, 0) is 0 Å². The molecule has 0 amide bonds. The summed E-state index contributed by atoms with van der Waals surface area (Å²) in [5.74, 6) is 2.29. The SMILES string of the molecule is Cc1nccc(N(C)CCC(N)C(C)C)n1. The summed E-state index contributed by atoms with van der Waals surface area (Å²) >= 11 is 0. The van der Waals surface area contributed by atoms with Crippen LogP contribution in [0.3, 0.4) is 0 Å². The predicted molar refractivity (Wildman–Crippen MR) is 67.5 cm³/mol. The van der Waals surface area contributed by atoms with Gasteiger partial charge in [0.15, 0.2) is 0 Å². The molecule has 0 aromatic carbocycles. The van der Waals surface area contributed by atoms with E-state index in [9.17, 15) is 0 Å². The molecule has 0 fully saturated rings. The predicted octanol–water partition coefficient (Wildman–Crippen LogP) is 1.59. The fraction of sp³-hybridized carbons (Fsp3) is 0.667. The molecule has 0 aliphatic heterocycles. The minimum Gasteiger partial charge on any atom is -0.360 e. The van der Waals surface area contributed by atoms with Crippen molar-refractivity contribution in [3.8, 4) is 0 Å². The highest BCUT2D eigenvalue weighted by atomic mass is 15.2. The smallest absolute Gasteiger partial charge is 0.131 e. The van der Waals surface area contributed by atoms with Crippen LogP contribution in [0.15, 0.2) is 12.3 Å². The summed E-state index contributed by atoms with van der Waals surface area (Å²) < 4.78 is 0. The zero-order valence-electron chi connectivity index (χ0n) is 10.6. The second-order valence-corrected chi connectivity index (χ2v) is 4.58. The summed E-state index contributed by atoms with van der Waals surface area (Å²) in [5.41, 5.74) is 6.01. The third kappa shape index (κ3) is 3.77. The van der Waals surface area contributed by atoms with Crippen molar-refractivity contribution in [3.05, 3.63) is 18.1 Å². The maximum absolute atomic E-state index is 6.01. The molecule has 0 aliphatic rings. The Bertz CT molecular complexity index is 325. The molecule has 2 N–H and O–H groups in total. The summed E-state index contributed by atoms with van der Waals surface area (Å²) in [7, 11) is 2.04. The standard InChI is InChI=1S/C12H22N4/c1-9(2)11(13)6-8-16(4)12-5-7-14-10(3)15-12/h5,7,9,11H,6,8,13H2,1-4H3. The first-order valence-electron chi connectivity index (χ1n) is 5.77. The van der Waals surface area contributed by atoms with Crippen molar-refractivity contribution >= 4 is 5.82 Å². The van der Waals surface area contributed by atoms with Crippen LogP contribution in [0.25, 0.3) is 0 Å². The second kappa shape index (κ2) is 5.80. The molecule has 0 radical (unpaired) electrons. The molecular weight excluding hydrogens is 200 g/mol. The van der Waals surface area contributed by atoms with E-state index in [0.717, 1.165) is 24.6 Å². The number of hydrogen-bond donors (Lipinski definition) is 1. The molecule has 1 rings (SSSR count). The van der Waals surface area contributed by atoms with E-state index in [1.54, 1.807) is 6.20 Å². The van der Waals surface area contributed by atoms with Crippen LogP contribution >= 0.6 is 0 Å². The molecule has 1 aromatic rings. The molecule has 1 aromatic heterocycles. The fourth-order valence-electron chi connectivity index (χ4n) is 1.45. The molecule has 1 unspecified atom stereocenters. The van der Waals surface area contributed by atoms with Gasteiger partial charge in [-0.25, -0.2) is 9.97 Å². The van der Waals surface area contributed by atoms with Gasteiger partial charge >= 0.3 is 0 Å². The van der Waals surface area contributed by atoms with Crippen LogP contribution in [0.5, 0.6) is 0 Å². The normalized spacial score (nSPS) is 12.9. The van der Waals surface area contributed by atoms with Gasteiger partial charge in [-0.3, -0.25) is 0 Å². The van der Waals surface area contributed by atoms with Gasteiger partial charge in [-0.2, -0.15) is 0 Å². The van der Waals surface area contributed by atoms with E-state index in [1.165, 1.54) is 0 Å². The molecule has 1 atom stereocenters. The maximum atomic E-state index is 6.01. The lowest BCUT2D eigenvalue weighted by molar-refractivity contribution is 0.465. The van der Waals surface area contributed by atoms with Crippen LogP contribution < -0.4 is 10.6 Å². The molecule has 0 spiro atoms. The van der Waals surface area contributed by atoms with Crippen molar-refractivity contribution in [1.82, 2.24) is 9.97 Å². The van der Waals surface area contributed by atoms with Crippen LogP contribution in [0.2, 0.25) is 0 Å². The topological polar surface area (TPSA) is 55.0 Å². The fourth-order valence-corrected chi connectivity index (χ4v) is 1.45. The van der Waals surface area contributed by atoms with Gasteiger partial charge in [0, 0.05) is 25.8 Å². The number of nitrogens with two attached hydrogens (primary N) is 1. The first kappa shape index (κ1) is 12.9. The van der Waals surface area contributed by atoms with E-state index >= 15 is 0 Å². The minimum atomic E-state index is 0.255. The summed E-state index contributed by atoms with van der Waals surface area (Å²) in [6.07, 6.45) is 2.77. The molecule has 0 saturated heterocycles. The second-order valence-electron chi connectivity index (χ2n) is 4.58. The summed E-state index contributed by atoms with van der Waals surface area (Å²) in [5, 5.41) is 0. The lowest BCUT2D eigenvalue weighted by Gasteiger charge is -2.22. The van der Waals surface area contributed by atoms with Crippen molar-refractivity contribution in [1.29, 1.82) is 0 Å². The van der Waals surface area contributed by atoms with Gasteiger partial charge in [0.2, 0.25) is 0 Å². The molecular formula is C12H22N4. The van der Waals surface area contributed by atoms with E-state index in [1.807, 2.05) is 20.0 Å². The molecule has 4 heteroatoms. The number of aromatic nitrogens is 2. The van der Waals surface area contributed by atoms with Crippen molar-refractivity contribution in [3.63, 3.8) is 0 Å². The van der Waals surface area contributed by atoms with Gasteiger partial charge in [-0.05, 0) is 25.3 Å². The highest BCUT2D eigenvalue weighted by molar-refractivity contribution is 5.35. The minimum absolute atomic E-state index is 0.255. The quantitative estimate of drug-likeness (QED) is 0.822. The van der Waals surface area contributed by atoms with Crippen LogP contribution in [-0.4, -0.2) is 29.6 Å². The van der Waals surface area contributed by atoms with E-state index in [-0.39, 0.29) is 6.04 Å². The van der Waals surface area contributed by atoms with E-state index in [4.69, 9.17) is 5.73 Å². The van der Waals surface area contributed by atoms with E-state index < -0.39 is 0 Å². The third-order valence-corrected chi connectivity index (χ3v) is 2.81. The van der Waals surface area contributed by atoms with Gasteiger partial charge in [-0.15, -0.1) is 0 Å². The summed E-state index contributed by atoms with van der Waals surface area (Å²) in [6.45, 7) is 7.13. The number of anilines is 1. The zero-order valence-corrected chi connectivity index (χ0v) is 10.6. The Hall–Kier alpha value is -1.16. The number of rotatable bonds is 5. The van der Waals surface area contributed by atoms with Crippen molar-refractivity contribution in [2.24, 2.45) is 11.7 Å². The molecule has 0 saturated carbocycles. The Morgan fingerprint density at radius 3 is 2.69 bits per heavy atom. The molecule has 1 heterocycles. The summed E-state index contributed by atoms with van der Waals surface area (Å²) in [4.78, 5) is 10.6. The summed E-state index contributed by atoms with van der Waals surface area (Å²) in [6, 6.07) is 2.18. The molecule has 16 heavy (non-hydrogen) atoms. The molecule has 90 valence electrons. The van der Waals surface area contributed by atoms with Crippen LogP contribution in [0.1, 0.15) is 26.1 Å². The Kier molecular flexibility index (Phi) is 4.68. The molecule has 0 bridgehead atoms. The molecule has 4 nitrogen and oxygen atoms in total. The van der Waals surface area contributed by atoms with Crippen LogP contribution in [0.4, 0.5) is 5.82 Å². The van der Waals surface area contributed by atoms with Gasteiger partial charge in [-0.1, -0.05) is 13.8 Å². The third-order valence-electron chi connectivity index (χ3n) is 2.81. The maximum Gasteiger partial charge on any atom is 0.131 e. The first-order chi connectivity index (χ1) is 7.50. The lowest BCUT2D eigenvalue weighted by atomic mass is 10.0. The van der Waals surface area contributed by atoms with Gasteiger partial charge < -0.3 is 10.6 Å². The average Bonchev–Trinajstić information content (AvgIpc) is 2.25. The van der Waals surface area contributed by atoms with E-state index in [0.29, 0.717) is 5.92 Å². The monoisotopic (exact) mass is 222 g/mol. The lowest BCUT2D eigenvalue weighted by Crippen LogP contribution is -2.32. The van der Waals surface area contributed by atoms with Gasteiger partial charge in [0.1, 0.15) is 11.6 Å². The van der Waals surface area contributed by atoms with Crippen LogP contribution in [0, 0.1) is 12.8 Å². The van der Waals surface area contributed by atoms with Crippen molar-refractivity contribution < 1.29 is 0 Å². The number of aryl methyl sites for hydroxylation is 1. The number of nitrogens with zero attached hydrogens (tertiary/aromatic N) is 3. The highest BCUT2D eigenvalue weighted by Gasteiger charge is 2.09. The highest BCUT2D eigenvalue weighted by Crippen LogP contribution is 2.10. The Morgan fingerprint density at radius 1 is 1.44 bits per heavy atom. The zero-order chi connectivity index (χ0) is 12.1. The van der Waals surface area contributed by atoms with Crippen molar-refractivity contribution in [2.45, 2.75) is 33.2 Å². The number of hydrogen-bond acceptors (Lipinski definition) is 4. The largest absolute Gasteiger partial charge is 0.360 e. The van der Waals surface area contributed by atoms with Gasteiger partial charge in [0.05, 0.1) is 0 Å². The van der Waals surface area contributed by atoms with E-state index in [2.05, 4.69) is 28.7 Å². The van der Waals surface area contributed by atoms with Crippen molar-refractivity contribution in [2.75, 3.05) is 18.5 Å². The average molecular weight is 222 g/mol. The van der Waals surface area contributed by atoms with Gasteiger partial charge in [0.25, 0.3) is 0 Å².